The van der Waals surface area contributed by atoms with Gasteiger partial charge in [0.05, 0.1) is 11.9 Å². The van der Waals surface area contributed by atoms with Crippen molar-refractivity contribution in [3.63, 3.8) is 0 Å². The summed E-state index contributed by atoms with van der Waals surface area (Å²) in [6, 6.07) is 3.31. The van der Waals surface area contributed by atoms with E-state index < -0.39 is 33.8 Å². The third-order valence-electron chi connectivity index (χ3n) is 7.96. The second-order valence-corrected chi connectivity index (χ2v) is 12.4. The lowest BCUT2D eigenvalue weighted by atomic mass is 9.93. The highest BCUT2D eigenvalue weighted by Gasteiger charge is 2.47. The van der Waals surface area contributed by atoms with Gasteiger partial charge in [0.2, 0.25) is 10.0 Å². The van der Waals surface area contributed by atoms with Gasteiger partial charge in [0, 0.05) is 36.8 Å². The predicted octanol–water partition coefficient (Wildman–Crippen LogP) is 2.69. The second kappa shape index (κ2) is 8.91. The van der Waals surface area contributed by atoms with E-state index in [4.69, 9.17) is 10.5 Å². The molecule has 9 heteroatoms. The van der Waals surface area contributed by atoms with Crippen LogP contribution in [0, 0.1) is 23.5 Å². The fourth-order valence-corrected chi connectivity index (χ4v) is 8.51. The first-order valence-corrected chi connectivity index (χ1v) is 13.4. The lowest BCUT2D eigenvalue weighted by Gasteiger charge is -2.36. The van der Waals surface area contributed by atoms with E-state index in [9.17, 15) is 17.2 Å². The van der Waals surface area contributed by atoms with Crippen LogP contribution < -0.4 is 11.1 Å². The maximum absolute atomic E-state index is 14.1. The predicted molar refractivity (Wildman–Crippen MR) is 117 cm³/mol. The molecule has 178 valence electrons. The highest BCUT2D eigenvalue weighted by atomic mass is 32.2. The third kappa shape index (κ3) is 4.34. The zero-order chi connectivity index (χ0) is 22.5. The van der Waals surface area contributed by atoms with Crippen molar-refractivity contribution >= 4 is 10.0 Å². The number of hydrogen-bond donors (Lipinski definition) is 2. The molecule has 0 bridgehead atoms. The first-order chi connectivity index (χ1) is 15.3. The Hall–Kier alpha value is -1.13. The lowest BCUT2D eigenvalue weighted by Crippen LogP contribution is -2.50. The summed E-state index contributed by atoms with van der Waals surface area (Å²) in [5.41, 5.74) is 6.46. The topological polar surface area (TPSA) is 84.7 Å². The Morgan fingerprint density at radius 1 is 1.03 bits per heavy atom. The van der Waals surface area contributed by atoms with Gasteiger partial charge >= 0.3 is 0 Å². The van der Waals surface area contributed by atoms with Gasteiger partial charge in [-0.05, 0) is 62.1 Å². The molecule has 2 aliphatic heterocycles. The molecule has 32 heavy (non-hydrogen) atoms. The van der Waals surface area contributed by atoms with Crippen molar-refractivity contribution < 1.29 is 21.9 Å². The van der Waals surface area contributed by atoms with Crippen LogP contribution in [0.5, 0.6) is 0 Å². The minimum Gasteiger partial charge on any atom is -0.370 e. The summed E-state index contributed by atoms with van der Waals surface area (Å²) in [5.74, 6) is -0.204. The Labute approximate surface area is 188 Å². The molecule has 2 saturated carbocycles. The SMILES string of the molecule is N[C@H]1C[C@@H](NC2CC3CN(S(=O)(=O)C4CCCC4)CC3C2)CO[C@@H]1c1cc(F)ccc1F. The first-order valence-electron chi connectivity index (χ1n) is 11.9. The molecule has 1 aromatic carbocycles. The van der Waals surface area contributed by atoms with Gasteiger partial charge in [-0.2, -0.15) is 0 Å². The molecule has 4 aliphatic rings. The molecule has 3 N–H and O–H groups in total. The molecule has 4 fully saturated rings. The molecule has 2 heterocycles. The van der Waals surface area contributed by atoms with Crippen molar-refractivity contribution in [3.05, 3.63) is 35.4 Å². The number of nitrogens with two attached hydrogens (primary N) is 1. The highest BCUT2D eigenvalue weighted by molar-refractivity contribution is 7.89. The Balaban J connectivity index is 1.13. The van der Waals surface area contributed by atoms with Crippen molar-refractivity contribution in [2.75, 3.05) is 19.7 Å². The van der Waals surface area contributed by atoms with Crippen LogP contribution in [-0.2, 0) is 14.8 Å². The summed E-state index contributed by atoms with van der Waals surface area (Å²) in [6.07, 6.45) is 5.53. The van der Waals surface area contributed by atoms with E-state index in [1.165, 1.54) is 0 Å². The van der Waals surface area contributed by atoms with Crippen LogP contribution in [0.1, 0.15) is 56.6 Å². The quantitative estimate of drug-likeness (QED) is 0.693. The van der Waals surface area contributed by atoms with Gasteiger partial charge < -0.3 is 15.8 Å². The molecule has 2 aliphatic carbocycles. The van der Waals surface area contributed by atoms with E-state index in [-0.39, 0.29) is 16.9 Å². The van der Waals surface area contributed by atoms with E-state index in [2.05, 4.69) is 5.32 Å². The molecule has 1 aromatic rings. The number of nitrogens with zero attached hydrogens (tertiary/aromatic N) is 1. The van der Waals surface area contributed by atoms with E-state index in [1.807, 2.05) is 0 Å². The third-order valence-corrected chi connectivity index (χ3v) is 10.3. The number of hydrogen-bond acceptors (Lipinski definition) is 5. The number of fused-ring (bicyclic) bond motifs is 1. The van der Waals surface area contributed by atoms with Crippen molar-refractivity contribution in [1.29, 1.82) is 0 Å². The maximum Gasteiger partial charge on any atom is 0.216 e. The van der Waals surface area contributed by atoms with Crippen molar-refractivity contribution in [3.8, 4) is 0 Å². The molecule has 6 nitrogen and oxygen atoms in total. The van der Waals surface area contributed by atoms with Crippen LogP contribution in [-0.4, -0.2) is 55.8 Å². The minimum atomic E-state index is -3.15. The van der Waals surface area contributed by atoms with Crippen LogP contribution in [0.2, 0.25) is 0 Å². The van der Waals surface area contributed by atoms with Gasteiger partial charge in [-0.15, -0.1) is 0 Å². The Morgan fingerprint density at radius 3 is 2.38 bits per heavy atom. The summed E-state index contributed by atoms with van der Waals surface area (Å²) < 4.78 is 61.2. The molecular weight excluding hydrogens is 436 g/mol. The van der Waals surface area contributed by atoms with E-state index >= 15 is 0 Å². The van der Waals surface area contributed by atoms with Gasteiger partial charge in [-0.1, -0.05) is 12.8 Å². The van der Waals surface area contributed by atoms with Gasteiger partial charge in [0.1, 0.15) is 17.7 Å². The zero-order valence-corrected chi connectivity index (χ0v) is 19.1. The fourth-order valence-electron chi connectivity index (χ4n) is 6.36. The molecule has 0 aromatic heterocycles. The summed E-state index contributed by atoms with van der Waals surface area (Å²) in [4.78, 5) is 0. The van der Waals surface area contributed by atoms with E-state index in [1.54, 1.807) is 4.31 Å². The minimum absolute atomic E-state index is 0.0556. The van der Waals surface area contributed by atoms with Gasteiger partial charge in [-0.3, -0.25) is 0 Å². The summed E-state index contributed by atoms with van der Waals surface area (Å²) >= 11 is 0. The van der Waals surface area contributed by atoms with Gasteiger partial charge in [-0.25, -0.2) is 21.5 Å². The number of ether oxygens (including phenoxy) is 1. The van der Waals surface area contributed by atoms with E-state index in [0.29, 0.717) is 44.0 Å². The number of sulfonamides is 1. The Kier molecular flexibility index (Phi) is 6.30. The largest absolute Gasteiger partial charge is 0.370 e. The maximum atomic E-state index is 14.1. The summed E-state index contributed by atoms with van der Waals surface area (Å²) in [7, 11) is -3.15. The van der Waals surface area contributed by atoms with Crippen LogP contribution in [0.4, 0.5) is 8.78 Å². The highest BCUT2D eigenvalue weighted by Crippen LogP contribution is 2.41. The molecule has 0 spiro atoms. The molecule has 0 radical (unpaired) electrons. The van der Waals surface area contributed by atoms with Crippen LogP contribution in [0.25, 0.3) is 0 Å². The Morgan fingerprint density at radius 2 is 1.72 bits per heavy atom. The van der Waals surface area contributed by atoms with Crippen LogP contribution in [0.3, 0.4) is 0 Å². The van der Waals surface area contributed by atoms with Crippen LogP contribution in [0.15, 0.2) is 18.2 Å². The standard InChI is InChI=1S/C23H33F2N3O3S/c24-16-5-6-21(25)20(9-16)23-22(26)10-18(13-31-23)27-17-7-14-11-28(12-15(14)8-17)32(29,30)19-3-1-2-4-19/h5-6,9,14-15,17-19,22-23,27H,1-4,7-8,10-13,26H2/t14?,15?,17?,18-,22+,23-/m1/s1. The van der Waals surface area contributed by atoms with Gasteiger partial charge in [0.25, 0.3) is 0 Å². The van der Waals surface area contributed by atoms with Crippen molar-refractivity contribution in [2.45, 2.75) is 74.4 Å². The molecular formula is C23H33F2N3O3S. The number of nitrogens with one attached hydrogen (secondary N) is 1. The lowest BCUT2D eigenvalue weighted by molar-refractivity contribution is -0.0224. The zero-order valence-electron chi connectivity index (χ0n) is 18.3. The van der Waals surface area contributed by atoms with Gasteiger partial charge in [0.15, 0.2) is 0 Å². The Bertz CT molecular complexity index is 926. The van der Waals surface area contributed by atoms with E-state index in [0.717, 1.165) is 56.7 Å². The second-order valence-electron chi connectivity index (χ2n) is 10.1. The monoisotopic (exact) mass is 469 g/mol. The normalized spacial score (nSPS) is 36.6. The number of halogens is 2. The molecule has 5 atom stereocenters. The molecule has 5 rings (SSSR count). The summed E-state index contributed by atoms with van der Waals surface area (Å²) in [6.45, 7) is 1.68. The smallest absolute Gasteiger partial charge is 0.216 e. The summed E-state index contributed by atoms with van der Waals surface area (Å²) in [5, 5.41) is 3.47. The first kappa shape index (κ1) is 22.7. The number of rotatable bonds is 5. The molecule has 0 amide bonds. The molecule has 2 unspecified atom stereocenters. The van der Waals surface area contributed by atoms with Crippen molar-refractivity contribution in [1.82, 2.24) is 9.62 Å². The van der Waals surface area contributed by atoms with Crippen LogP contribution >= 0.6 is 0 Å². The fraction of sp³-hybridized carbons (Fsp3) is 0.739. The average molecular weight is 470 g/mol. The number of benzene rings is 1. The molecule has 2 saturated heterocycles. The average Bonchev–Trinajstić information content (AvgIpc) is 3.47. The van der Waals surface area contributed by atoms with Crippen molar-refractivity contribution in [2.24, 2.45) is 17.6 Å².